The molecule has 0 atom stereocenters. The van der Waals surface area contributed by atoms with Crippen molar-refractivity contribution in [1.29, 1.82) is 0 Å². The van der Waals surface area contributed by atoms with Gasteiger partial charge in [-0.1, -0.05) is 18.2 Å². The van der Waals surface area contributed by atoms with Gasteiger partial charge in [0.05, 0.1) is 0 Å². The number of carbonyl (C=O) groups is 1. The van der Waals surface area contributed by atoms with Crippen molar-refractivity contribution >= 4 is 11.6 Å². The zero-order valence-electron chi connectivity index (χ0n) is 8.34. The molecular formula is C11H11N3O. The predicted octanol–water partition coefficient (Wildman–Crippen LogP) is 1.67. The molecule has 76 valence electrons. The van der Waals surface area contributed by atoms with Gasteiger partial charge in [0, 0.05) is 18.9 Å². The summed E-state index contributed by atoms with van der Waals surface area (Å²) in [6.45, 7) is 0. The fourth-order valence-electron chi connectivity index (χ4n) is 1.25. The van der Waals surface area contributed by atoms with Crippen LogP contribution < -0.4 is 5.32 Å². The van der Waals surface area contributed by atoms with Crippen molar-refractivity contribution in [2.24, 2.45) is 7.05 Å². The van der Waals surface area contributed by atoms with E-state index >= 15 is 0 Å². The number of aryl methyl sites for hydroxylation is 1. The number of hydrogen-bond acceptors (Lipinski definition) is 2. The van der Waals surface area contributed by atoms with E-state index in [2.05, 4.69) is 10.4 Å². The standard InChI is InChI=1S/C11H11N3O/c1-14-8-7-10(13-14)11(15)12-9-5-3-2-4-6-9/h2-8H,1H3,(H,12,15). The highest BCUT2D eigenvalue weighted by Crippen LogP contribution is 2.06. The molecule has 0 saturated carbocycles. The van der Waals surface area contributed by atoms with Gasteiger partial charge in [0.15, 0.2) is 5.69 Å². The fraction of sp³-hybridized carbons (Fsp3) is 0.0909. The second kappa shape index (κ2) is 3.96. The molecule has 1 heterocycles. The van der Waals surface area contributed by atoms with Gasteiger partial charge < -0.3 is 5.32 Å². The first-order valence-electron chi connectivity index (χ1n) is 4.62. The first-order valence-corrected chi connectivity index (χ1v) is 4.62. The largest absolute Gasteiger partial charge is 0.321 e. The highest BCUT2D eigenvalue weighted by atomic mass is 16.1. The lowest BCUT2D eigenvalue weighted by atomic mass is 10.3. The van der Waals surface area contributed by atoms with Crippen LogP contribution in [0.2, 0.25) is 0 Å². The molecule has 0 saturated heterocycles. The van der Waals surface area contributed by atoms with Crippen LogP contribution in [-0.4, -0.2) is 15.7 Å². The maximum absolute atomic E-state index is 11.6. The lowest BCUT2D eigenvalue weighted by Gasteiger charge is -2.01. The molecule has 2 aromatic rings. The van der Waals surface area contributed by atoms with E-state index in [-0.39, 0.29) is 5.91 Å². The van der Waals surface area contributed by atoms with Gasteiger partial charge in [-0.05, 0) is 18.2 Å². The molecule has 0 spiro atoms. The van der Waals surface area contributed by atoms with E-state index in [0.717, 1.165) is 5.69 Å². The summed E-state index contributed by atoms with van der Waals surface area (Å²) in [7, 11) is 1.78. The normalized spacial score (nSPS) is 9.93. The lowest BCUT2D eigenvalue weighted by Crippen LogP contribution is -2.12. The molecule has 1 N–H and O–H groups in total. The third-order valence-corrected chi connectivity index (χ3v) is 1.98. The smallest absolute Gasteiger partial charge is 0.276 e. The van der Waals surface area contributed by atoms with Crippen molar-refractivity contribution in [2.75, 3.05) is 5.32 Å². The molecule has 4 heteroatoms. The van der Waals surface area contributed by atoms with E-state index in [1.807, 2.05) is 30.3 Å². The summed E-state index contributed by atoms with van der Waals surface area (Å²) in [6, 6.07) is 11.0. The number of nitrogens with one attached hydrogen (secondary N) is 1. The average Bonchev–Trinajstić information content (AvgIpc) is 2.66. The van der Waals surface area contributed by atoms with Crippen molar-refractivity contribution in [2.45, 2.75) is 0 Å². The molecule has 1 aromatic heterocycles. The van der Waals surface area contributed by atoms with Crippen LogP contribution in [0.5, 0.6) is 0 Å². The van der Waals surface area contributed by atoms with Crippen molar-refractivity contribution in [3.05, 3.63) is 48.3 Å². The molecule has 0 aliphatic rings. The third-order valence-electron chi connectivity index (χ3n) is 1.98. The Labute approximate surface area is 87.5 Å². The number of para-hydroxylation sites is 1. The number of nitrogens with zero attached hydrogens (tertiary/aromatic N) is 2. The Bertz CT molecular complexity index is 462. The van der Waals surface area contributed by atoms with Crippen LogP contribution >= 0.6 is 0 Å². The Hall–Kier alpha value is -2.10. The maximum atomic E-state index is 11.6. The Kier molecular flexibility index (Phi) is 2.49. The van der Waals surface area contributed by atoms with Crippen LogP contribution in [0.4, 0.5) is 5.69 Å². The van der Waals surface area contributed by atoms with Crippen LogP contribution in [0, 0.1) is 0 Å². The van der Waals surface area contributed by atoms with Gasteiger partial charge in [0.1, 0.15) is 0 Å². The molecule has 0 bridgehead atoms. The minimum absolute atomic E-state index is 0.193. The van der Waals surface area contributed by atoms with Gasteiger partial charge in [0.25, 0.3) is 5.91 Å². The molecule has 0 fully saturated rings. The minimum atomic E-state index is -0.193. The number of hydrogen-bond donors (Lipinski definition) is 1. The zero-order chi connectivity index (χ0) is 10.7. The molecule has 0 aliphatic carbocycles. The van der Waals surface area contributed by atoms with Gasteiger partial charge in [-0.25, -0.2) is 0 Å². The summed E-state index contributed by atoms with van der Waals surface area (Å²) in [4.78, 5) is 11.6. The zero-order valence-corrected chi connectivity index (χ0v) is 8.34. The third kappa shape index (κ3) is 2.22. The van der Waals surface area contributed by atoms with E-state index in [1.165, 1.54) is 0 Å². The van der Waals surface area contributed by atoms with Crippen LogP contribution in [0.1, 0.15) is 10.5 Å². The summed E-state index contributed by atoms with van der Waals surface area (Å²) in [5, 5.41) is 6.77. The van der Waals surface area contributed by atoms with Crippen LogP contribution in [-0.2, 0) is 7.05 Å². The Balaban J connectivity index is 2.11. The summed E-state index contributed by atoms with van der Waals surface area (Å²) in [6.07, 6.45) is 1.74. The quantitative estimate of drug-likeness (QED) is 0.803. The molecule has 4 nitrogen and oxygen atoms in total. The predicted molar refractivity (Wildman–Crippen MR) is 57.6 cm³/mol. The number of rotatable bonds is 2. The molecule has 15 heavy (non-hydrogen) atoms. The van der Waals surface area contributed by atoms with E-state index in [0.29, 0.717) is 5.69 Å². The summed E-state index contributed by atoms with van der Waals surface area (Å²) in [5.41, 5.74) is 1.19. The van der Waals surface area contributed by atoms with E-state index in [4.69, 9.17) is 0 Å². The van der Waals surface area contributed by atoms with Crippen molar-refractivity contribution in [3.8, 4) is 0 Å². The molecule has 0 unspecified atom stereocenters. The second-order valence-electron chi connectivity index (χ2n) is 3.19. The SMILES string of the molecule is Cn1ccc(C(=O)Nc2ccccc2)n1. The van der Waals surface area contributed by atoms with Gasteiger partial charge >= 0.3 is 0 Å². The number of carbonyl (C=O) groups excluding carboxylic acids is 1. The van der Waals surface area contributed by atoms with Crippen molar-refractivity contribution in [1.82, 2.24) is 9.78 Å². The van der Waals surface area contributed by atoms with Crippen LogP contribution in [0.3, 0.4) is 0 Å². The summed E-state index contributed by atoms with van der Waals surface area (Å²) < 4.78 is 1.60. The van der Waals surface area contributed by atoms with Crippen molar-refractivity contribution < 1.29 is 4.79 Å². The lowest BCUT2D eigenvalue weighted by molar-refractivity contribution is 0.102. The van der Waals surface area contributed by atoms with Gasteiger partial charge in [-0.3, -0.25) is 9.48 Å². The average molecular weight is 201 g/mol. The van der Waals surface area contributed by atoms with Gasteiger partial charge in [0.2, 0.25) is 0 Å². The van der Waals surface area contributed by atoms with E-state index in [1.54, 1.807) is 24.0 Å². The Morgan fingerprint density at radius 1 is 1.27 bits per heavy atom. The van der Waals surface area contributed by atoms with E-state index < -0.39 is 0 Å². The molecular weight excluding hydrogens is 190 g/mol. The number of benzene rings is 1. The topological polar surface area (TPSA) is 46.9 Å². The fourth-order valence-corrected chi connectivity index (χ4v) is 1.25. The number of anilines is 1. The van der Waals surface area contributed by atoms with Gasteiger partial charge in [-0.2, -0.15) is 5.10 Å². The van der Waals surface area contributed by atoms with E-state index in [9.17, 15) is 4.79 Å². The molecule has 1 amide bonds. The molecule has 0 aliphatic heterocycles. The molecule has 1 aromatic carbocycles. The number of aromatic nitrogens is 2. The first kappa shape index (κ1) is 9.45. The van der Waals surface area contributed by atoms with Crippen LogP contribution in [0.25, 0.3) is 0 Å². The summed E-state index contributed by atoms with van der Waals surface area (Å²) >= 11 is 0. The monoisotopic (exact) mass is 201 g/mol. The molecule has 0 radical (unpaired) electrons. The molecule has 2 rings (SSSR count). The van der Waals surface area contributed by atoms with Crippen molar-refractivity contribution in [3.63, 3.8) is 0 Å². The van der Waals surface area contributed by atoms with Crippen LogP contribution in [0.15, 0.2) is 42.6 Å². The highest BCUT2D eigenvalue weighted by Gasteiger charge is 2.07. The summed E-state index contributed by atoms with van der Waals surface area (Å²) in [5.74, 6) is -0.193. The number of amides is 1. The Morgan fingerprint density at radius 3 is 2.60 bits per heavy atom. The second-order valence-corrected chi connectivity index (χ2v) is 3.19. The first-order chi connectivity index (χ1) is 7.25. The highest BCUT2D eigenvalue weighted by molar-refractivity contribution is 6.02. The maximum Gasteiger partial charge on any atom is 0.276 e. The Morgan fingerprint density at radius 2 is 2.00 bits per heavy atom. The van der Waals surface area contributed by atoms with Gasteiger partial charge in [-0.15, -0.1) is 0 Å². The minimum Gasteiger partial charge on any atom is -0.321 e.